The second-order valence-electron chi connectivity index (χ2n) is 4.95. The Labute approximate surface area is 143 Å². The van der Waals surface area contributed by atoms with E-state index < -0.39 is 0 Å². The molecule has 0 aliphatic rings. The summed E-state index contributed by atoms with van der Waals surface area (Å²) in [5.74, 6) is -0.0283. The van der Waals surface area contributed by atoms with E-state index in [1.54, 1.807) is 29.9 Å². The molecule has 3 rings (SSSR count). The Kier molecular flexibility index (Phi) is 5.00. The van der Waals surface area contributed by atoms with Gasteiger partial charge in [-0.2, -0.15) is 0 Å². The zero-order valence-electron chi connectivity index (χ0n) is 12.2. The highest BCUT2D eigenvalue weighted by atomic mass is 35.5. The van der Waals surface area contributed by atoms with Crippen LogP contribution in [0.2, 0.25) is 5.02 Å². The molecule has 1 amide bonds. The van der Waals surface area contributed by atoms with Crippen LogP contribution in [-0.2, 0) is 17.8 Å². The number of nitrogens with zero attached hydrogens (tertiary/aromatic N) is 2. The topological polar surface area (TPSA) is 54.9 Å². The summed E-state index contributed by atoms with van der Waals surface area (Å²) in [7, 11) is 0. The third kappa shape index (κ3) is 4.37. The van der Waals surface area contributed by atoms with E-state index in [1.165, 1.54) is 0 Å². The van der Waals surface area contributed by atoms with Crippen LogP contribution in [0.3, 0.4) is 0 Å². The van der Waals surface area contributed by atoms with Crippen molar-refractivity contribution in [2.45, 2.75) is 13.0 Å². The van der Waals surface area contributed by atoms with Crippen molar-refractivity contribution in [3.05, 3.63) is 70.5 Å². The van der Waals surface area contributed by atoms with Crippen LogP contribution >= 0.6 is 22.9 Å². The van der Waals surface area contributed by atoms with Gasteiger partial charge < -0.3 is 5.32 Å². The van der Waals surface area contributed by atoms with Crippen LogP contribution in [0, 0.1) is 0 Å². The minimum Gasteiger partial charge on any atom is -0.351 e. The molecule has 2 aromatic heterocycles. The maximum Gasteiger partial charge on any atom is 0.224 e. The van der Waals surface area contributed by atoms with E-state index in [4.69, 9.17) is 11.6 Å². The third-order valence-electron chi connectivity index (χ3n) is 3.19. The molecule has 0 fully saturated rings. The second-order valence-corrected chi connectivity index (χ2v) is 6.51. The number of benzene rings is 1. The average molecular weight is 344 g/mol. The number of thiazole rings is 1. The van der Waals surface area contributed by atoms with Crippen molar-refractivity contribution in [1.82, 2.24) is 15.3 Å². The van der Waals surface area contributed by atoms with Crippen LogP contribution in [0.5, 0.6) is 0 Å². The first-order chi connectivity index (χ1) is 11.2. The molecule has 1 aromatic carbocycles. The van der Waals surface area contributed by atoms with Crippen LogP contribution in [0.25, 0.3) is 10.6 Å². The molecule has 3 aromatic rings. The maximum atomic E-state index is 11.9. The van der Waals surface area contributed by atoms with Crippen molar-refractivity contribution in [3.63, 3.8) is 0 Å². The SMILES string of the molecule is O=C(Cc1cccnc1)NCc1cnc(-c2ccc(Cl)cc2)s1. The minimum absolute atomic E-state index is 0.0283. The smallest absolute Gasteiger partial charge is 0.224 e. The first-order valence-electron chi connectivity index (χ1n) is 7.07. The number of aromatic nitrogens is 2. The molecule has 0 aliphatic carbocycles. The summed E-state index contributed by atoms with van der Waals surface area (Å²) in [5.41, 5.74) is 1.92. The van der Waals surface area contributed by atoms with Crippen molar-refractivity contribution in [2.24, 2.45) is 0 Å². The van der Waals surface area contributed by atoms with Crippen molar-refractivity contribution in [1.29, 1.82) is 0 Å². The molecule has 116 valence electrons. The molecule has 6 heteroatoms. The van der Waals surface area contributed by atoms with Crippen LogP contribution in [0.1, 0.15) is 10.4 Å². The van der Waals surface area contributed by atoms with E-state index in [0.29, 0.717) is 18.0 Å². The highest BCUT2D eigenvalue weighted by molar-refractivity contribution is 7.15. The molecule has 0 radical (unpaired) electrons. The van der Waals surface area contributed by atoms with Gasteiger partial charge in [-0.3, -0.25) is 9.78 Å². The number of halogens is 1. The fraction of sp³-hybridized carbons (Fsp3) is 0.118. The van der Waals surface area contributed by atoms with Gasteiger partial charge in [-0.05, 0) is 23.8 Å². The van der Waals surface area contributed by atoms with E-state index in [9.17, 15) is 4.79 Å². The molecule has 0 spiro atoms. The van der Waals surface area contributed by atoms with Crippen LogP contribution in [0.15, 0.2) is 55.0 Å². The van der Waals surface area contributed by atoms with E-state index in [2.05, 4.69) is 15.3 Å². The molecule has 0 unspecified atom stereocenters. The molecule has 0 atom stereocenters. The Bertz CT molecular complexity index is 787. The monoisotopic (exact) mass is 343 g/mol. The predicted octanol–water partition coefficient (Wildman–Crippen LogP) is 3.72. The van der Waals surface area contributed by atoms with E-state index in [1.807, 2.05) is 36.4 Å². The summed E-state index contributed by atoms with van der Waals surface area (Å²) in [6.07, 6.45) is 5.51. The van der Waals surface area contributed by atoms with Gasteiger partial charge in [0, 0.05) is 34.1 Å². The summed E-state index contributed by atoms with van der Waals surface area (Å²) in [6.45, 7) is 0.477. The first kappa shape index (κ1) is 15.6. The van der Waals surface area contributed by atoms with Crippen LogP contribution in [-0.4, -0.2) is 15.9 Å². The molecule has 2 heterocycles. The van der Waals surface area contributed by atoms with E-state index >= 15 is 0 Å². The van der Waals surface area contributed by atoms with Crippen LogP contribution < -0.4 is 5.32 Å². The molecule has 0 bridgehead atoms. The second kappa shape index (κ2) is 7.35. The lowest BCUT2D eigenvalue weighted by Crippen LogP contribution is -2.24. The highest BCUT2D eigenvalue weighted by Crippen LogP contribution is 2.26. The quantitative estimate of drug-likeness (QED) is 0.768. The Morgan fingerprint density at radius 2 is 2.00 bits per heavy atom. The number of carbonyl (C=O) groups is 1. The lowest BCUT2D eigenvalue weighted by atomic mass is 10.2. The van der Waals surface area contributed by atoms with E-state index in [-0.39, 0.29) is 5.91 Å². The van der Waals surface area contributed by atoms with E-state index in [0.717, 1.165) is 21.0 Å². The van der Waals surface area contributed by atoms with Crippen molar-refractivity contribution < 1.29 is 4.79 Å². The van der Waals surface area contributed by atoms with Gasteiger partial charge in [-0.15, -0.1) is 11.3 Å². The van der Waals surface area contributed by atoms with Gasteiger partial charge in [0.2, 0.25) is 5.91 Å². The number of hydrogen-bond donors (Lipinski definition) is 1. The first-order valence-corrected chi connectivity index (χ1v) is 8.26. The third-order valence-corrected chi connectivity index (χ3v) is 4.49. The summed E-state index contributed by atoms with van der Waals surface area (Å²) in [5, 5.41) is 4.52. The number of pyridine rings is 1. The summed E-state index contributed by atoms with van der Waals surface area (Å²) >= 11 is 7.45. The number of amides is 1. The van der Waals surface area contributed by atoms with Gasteiger partial charge >= 0.3 is 0 Å². The molecule has 0 saturated heterocycles. The fourth-order valence-corrected chi connectivity index (χ4v) is 3.03. The lowest BCUT2D eigenvalue weighted by molar-refractivity contribution is -0.120. The standard InChI is InChI=1S/C17H14ClN3OS/c18-14-5-3-13(4-6-14)17-21-11-15(23-17)10-20-16(22)8-12-2-1-7-19-9-12/h1-7,9,11H,8,10H2,(H,20,22). The van der Waals surface area contributed by atoms with Crippen LogP contribution in [0.4, 0.5) is 0 Å². The lowest BCUT2D eigenvalue weighted by Gasteiger charge is -2.03. The number of nitrogens with one attached hydrogen (secondary N) is 1. The molecule has 0 saturated carbocycles. The predicted molar refractivity (Wildman–Crippen MR) is 92.3 cm³/mol. The Balaban J connectivity index is 1.57. The highest BCUT2D eigenvalue weighted by Gasteiger charge is 2.07. The number of carbonyl (C=O) groups excluding carboxylic acids is 1. The van der Waals surface area contributed by atoms with Gasteiger partial charge in [0.15, 0.2) is 0 Å². The van der Waals surface area contributed by atoms with Gasteiger partial charge in [-0.1, -0.05) is 29.8 Å². The molecular weight excluding hydrogens is 330 g/mol. The molecule has 0 aliphatic heterocycles. The van der Waals surface area contributed by atoms with Crippen molar-refractivity contribution >= 4 is 28.8 Å². The average Bonchev–Trinajstić information content (AvgIpc) is 3.04. The summed E-state index contributed by atoms with van der Waals surface area (Å²) < 4.78 is 0. The minimum atomic E-state index is -0.0283. The fourth-order valence-electron chi connectivity index (χ4n) is 2.05. The Morgan fingerprint density at radius 3 is 2.74 bits per heavy atom. The van der Waals surface area contributed by atoms with Gasteiger partial charge in [0.05, 0.1) is 13.0 Å². The Hall–Kier alpha value is -2.24. The normalized spacial score (nSPS) is 10.5. The van der Waals surface area contributed by atoms with Gasteiger partial charge in [-0.25, -0.2) is 4.98 Å². The van der Waals surface area contributed by atoms with Gasteiger partial charge in [0.1, 0.15) is 5.01 Å². The molecular formula is C17H14ClN3OS. The van der Waals surface area contributed by atoms with Crippen molar-refractivity contribution in [2.75, 3.05) is 0 Å². The number of rotatable bonds is 5. The maximum absolute atomic E-state index is 11.9. The summed E-state index contributed by atoms with van der Waals surface area (Å²) in [6, 6.07) is 11.3. The van der Waals surface area contributed by atoms with Crippen molar-refractivity contribution in [3.8, 4) is 10.6 Å². The van der Waals surface area contributed by atoms with Gasteiger partial charge in [0.25, 0.3) is 0 Å². The summed E-state index contributed by atoms with van der Waals surface area (Å²) in [4.78, 5) is 21.3. The molecule has 23 heavy (non-hydrogen) atoms. The molecule has 4 nitrogen and oxygen atoms in total. The zero-order valence-corrected chi connectivity index (χ0v) is 13.8. The largest absolute Gasteiger partial charge is 0.351 e. The zero-order chi connectivity index (χ0) is 16.1. The number of hydrogen-bond acceptors (Lipinski definition) is 4. The Morgan fingerprint density at radius 1 is 1.17 bits per heavy atom. The molecule has 1 N–H and O–H groups in total.